The Labute approximate surface area is 126 Å². The first-order chi connectivity index (χ1) is 9.61. The van der Waals surface area contributed by atoms with Gasteiger partial charge in [0.2, 0.25) is 0 Å². The van der Waals surface area contributed by atoms with Crippen molar-refractivity contribution in [1.82, 2.24) is 10.2 Å². The van der Waals surface area contributed by atoms with Crippen molar-refractivity contribution in [3.05, 3.63) is 34.7 Å². The maximum absolute atomic E-state index is 3.59. The molecule has 0 aliphatic carbocycles. The van der Waals surface area contributed by atoms with Crippen molar-refractivity contribution in [1.29, 1.82) is 0 Å². The lowest BCUT2D eigenvalue weighted by atomic mass is 10.1. The lowest BCUT2D eigenvalue weighted by Crippen LogP contribution is -2.21. The van der Waals surface area contributed by atoms with Gasteiger partial charge in [-0.05, 0) is 43.1 Å². The first-order valence-corrected chi connectivity index (χ1v) is 8.32. The highest BCUT2D eigenvalue weighted by molar-refractivity contribution is 7.19. The Balaban J connectivity index is 2.24. The molecule has 2 nitrogen and oxygen atoms in total. The normalized spacial score (nSPS) is 11.9. The minimum Gasteiger partial charge on any atom is -0.312 e. The van der Waals surface area contributed by atoms with E-state index in [2.05, 4.69) is 62.3 Å². The fourth-order valence-electron chi connectivity index (χ4n) is 2.32. The minimum atomic E-state index is 0.700. The van der Waals surface area contributed by atoms with E-state index in [-0.39, 0.29) is 0 Å². The second-order valence-electron chi connectivity index (χ2n) is 5.86. The third-order valence-electron chi connectivity index (χ3n) is 3.59. The van der Waals surface area contributed by atoms with Crippen LogP contribution in [0.4, 0.5) is 0 Å². The Morgan fingerprint density at radius 3 is 2.70 bits per heavy atom. The Bertz CT molecular complexity index is 545. The number of nitrogens with zero attached hydrogens (tertiary/aromatic N) is 1. The summed E-state index contributed by atoms with van der Waals surface area (Å²) in [4.78, 5) is 3.87. The van der Waals surface area contributed by atoms with E-state index in [1.807, 2.05) is 11.3 Å². The summed E-state index contributed by atoms with van der Waals surface area (Å²) in [5.41, 5.74) is 1.51. The van der Waals surface area contributed by atoms with Crippen LogP contribution in [0.2, 0.25) is 0 Å². The standard InChI is InChI=1S/C17H26N2S/c1-5-19(4)12-15-14-8-6-7-9-16(14)20-17(15)11-18-10-13(2)3/h6-9,13,18H,5,10-12H2,1-4H3. The molecule has 0 fully saturated rings. The smallest absolute Gasteiger partial charge is 0.0349 e. The van der Waals surface area contributed by atoms with Gasteiger partial charge in [0, 0.05) is 22.7 Å². The molecule has 0 saturated carbocycles. The van der Waals surface area contributed by atoms with Gasteiger partial charge in [0.05, 0.1) is 0 Å². The van der Waals surface area contributed by atoms with Crippen LogP contribution in [-0.2, 0) is 13.1 Å². The van der Waals surface area contributed by atoms with Crippen LogP contribution < -0.4 is 5.32 Å². The van der Waals surface area contributed by atoms with Crippen molar-refractivity contribution in [3.8, 4) is 0 Å². The monoisotopic (exact) mass is 290 g/mol. The molecule has 0 aliphatic heterocycles. The highest BCUT2D eigenvalue weighted by Crippen LogP contribution is 2.32. The van der Waals surface area contributed by atoms with Crippen LogP contribution >= 0.6 is 11.3 Å². The fraction of sp³-hybridized carbons (Fsp3) is 0.529. The van der Waals surface area contributed by atoms with Crippen molar-refractivity contribution in [2.75, 3.05) is 20.1 Å². The summed E-state index contributed by atoms with van der Waals surface area (Å²) in [6.45, 7) is 10.9. The molecule has 0 saturated heterocycles. The maximum Gasteiger partial charge on any atom is 0.0349 e. The molecule has 0 spiro atoms. The number of rotatable bonds is 7. The molecule has 0 aliphatic rings. The van der Waals surface area contributed by atoms with Crippen LogP contribution in [0.3, 0.4) is 0 Å². The fourth-order valence-corrected chi connectivity index (χ4v) is 3.51. The highest BCUT2D eigenvalue weighted by Gasteiger charge is 2.13. The van der Waals surface area contributed by atoms with Crippen LogP contribution in [0.1, 0.15) is 31.2 Å². The summed E-state index contributed by atoms with van der Waals surface area (Å²) in [7, 11) is 2.19. The van der Waals surface area contributed by atoms with Gasteiger partial charge in [-0.2, -0.15) is 0 Å². The third-order valence-corrected chi connectivity index (χ3v) is 4.80. The van der Waals surface area contributed by atoms with Crippen LogP contribution in [0.25, 0.3) is 10.1 Å². The third kappa shape index (κ3) is 3.81. The highest BCUT2D eigenvalue weighted by atomic mass is 32.1. The van der Waals surface area contributed by atoms with Crippen LogP contribution in [-0.4, -0.2) is 25.0 Å². The zero-order chi connectivity index (χ0) is 14.5. The first kappa shape index (κ1) is 15.5. The molecular formula is C17H26N2S. The quantitative estimate of drug-likeness (QED) is 0.826. The number of fused-ring (bicyclic) bond motifs is 1. The van der Waals surface area contributed by atoms with E-state index in [1.165, 1.54) is 20.5 Å². The molecule has 0 radical (unpaired) electrons. The molecule has 110 valence electrons. The molecule has 1 heterocycles. The predicted molar refractivity (Wildman–Crippen MR) is 90.4 cm³/mol. The molecule has 0 amide bonds. The average molecular weight is 290 g/mol. The summed E-state index contributed by atoms with van der Waals surface area (Å²) >= 11 is 1.94. The number of benzene rings is 1. The molecular weight excluding hydrogens is 264 g/mol. The van der Waals surface area contributed by atoms with Gasteiger partial charge in [-0.3, -0.25) is 0 Å². The van der Waals surface area contributed by atoms with Crippen molar-refractivity contribution >= 4 is 21.4 Å². The number of thiophene rings is 1. The molecule has 1 N–H and O–H groups in total. The SMILES string of the molecule is CCN(C)Cc1c(CNCC(C)C)sc2ccccc12. The van der Waals surface area contributed by atoms with Gasteiger partial charge < -0.3 is 10.2 Å². The minimum absolute atomic E-state index is 0.700. The van der Waals surface area contributed by atoms with Crippen LogP contribution in [0.5, 0.6) is 0 Å². The zero-order valence-electron chi connectivity index (χ0n) is 13.1. The Kier molecular flexibility index (Phi) is 5.58. The van der Waals surface area contributed by atoms with Gasteiger partial charge in [0.25, 0.3) is 0 Å². The summed E-state index contributed by atoms with van der Waals surface area (Å²) < 4.78 is 1.41. The first-order valence-electron chi connectivity index (χ1n) is 7.50. The second kappa shape index (κ2) is 7.21. The van der Waals surface area contributed by atoms with Crippen molar-refractivity contribution < 1.29 is 0 Å². The average Bonchev–Trinajstić information content (AvgIpc) is 2.76. The number of hydrogen-bond donors (Lipinski definition) is 1. The lowest BCUT2D eigenvalue weighted by Gasteiger charge is -2.15. The summed E-state index contributed by atoms with van der Waals surface area (Å²) in [6.07, 6.45) is 0. The molecule has 20 heavy (non-hydrogen) atoms. The second-order valence-corrected chi connectivity index (χ2v) is 6.99. The van der Waals surface area contributed by atoms with Crippen molar-refractivity contribution in [3.63, 3.8) is 0 Å². The van der Waals surface area contributed by atoms with E-state index >= 15 is 0 Å². The predicted octanol–water partition coefficient (Wildman–Crippen LogP) is 4.10. The van der Waals surface area contributed by atoms with Gasteiger partial charge in [-0.1, -0.05) is 39.0 Å². The molecule has 0 unspecified atom stereocenters. The molecule has 0 atom stereocenters. The maximum atomic E-state index is 3.59. The van der Waals surface area contributed by atoms with Gasteiger partial charge in [-0.25, -0.2) is 0 Å². The van der Waals surface area contributed by atoms with Gasteiger partial charge in [0.15, 0.2) is 0 Å². The van der Waals surface area contributed by atoms with E-state index in [0.717, 1.165) is 26.2 Å². The number of nitrogens with one attached hydrogen (secondary N) is 1. The molecule has 2 aromatic rings. The molecule has 1 aromatic carbocycles. The molecule has 2 rings (SSSR count). The summed E-state index contributed by atoms with van der Waals surface area (Å²) in [5, 5.41) is 5.02. The van der Waals surface area contributed by atoms with Gasteiger partial charge >= 0.3 is 0 Å². The molecule has 1 aromatic heterocycles. The van der Waals surface area contributed by atoms with Crippen LogP contribution in [0, 0.1) is 5.92 Å². The van der Waals surface area contributed by atoms with Crippen molar-refractivity contribution in [2.45, 2.75) is 33.9 Å². The van der Waals surface area contributed by atoms with E-state index in [4.69, 9.17) is 0 Å². The summed E-state index contributed by atoms with van der Waals surface area (Å²) in [5.74, 6) is 0.700. The molecule has 3 heteroatoms. The topological polar surface area (TPSA) is 15.3 Å². The molecule has 0 bridgehead atoms. The lowest BCUT2D eigenvalue weighted by molar-refractivity contribution is 0.346. The van der Waals surface area contributed by atoms with E-state index in [1.54, 1.807) is 0 Å². The zero-order valence-corrected chi connectivity index (χ0v) is 13.9. The summed E-state index contributed by atoms with van der Waals surface area (Å²) in [6, 6.07) is 8.78. The Morgan fingerprint density at radius 2 is 2.00 bits per heavy atom. The van der Waals surface area contributed by atoms with Gasteiger partial charge in [0.1, 0.15) is 0 Å². The largest absolute Gasteiger partial charge is 0.312 e. The Morgan fingerprint density at radius 1 is 1.25 bits per heavy atom. The van der Waals surface area contributed by atoms with Crippen molar-refractivity contribution in [2.24, 2.45) is 5.92 Å². The van der Waals surface area contributed by atoms with Gasteiger partial charge in [-0.15, -0.1) is 11.3 Å². The van der Waals surface area contributed by atoms with E-state index in [9.17, 15) is 0 Å². The van der Waals surface area contributed by atoms with E-state index < -0.39 is 0 Å². The Hall–Kier alpha value is -0.900. The van der Waals surface area contributed by atoms with E-state index in [0.29, 0.717) is 5.92 Å². The number of hydrogen-bond acceptors (Lipinski definition) is 3. The van der Waals surface area contributed by atoms with Crippen LogP contribution in [0.15, 0.2) is 24.3 Å².